The minimum absolute atomic E-state index is 0.0342. The van der Waals surface area contributed by atoms with Crippen LogP contribution in [0.3, 0.4) is 0 Å². The fourth-order valence-corrected chi connectivity index (χ4v) is 2.18. The summed E-state index contributed by atoms with van der Waals surface area (Å²) in [5, 5.41) is 3.36. The Balaban J connectivity index is 2.41. The van der Waals surface area contributed by atoms with Crippen molar-refractivity contribution < 1.29 is 4.79 Å². The number of rotatable bonds is 4. The number of amides is 1. The van der Waals surface area contributed by atoms with E-state index in [0.717, 1.165) is 19.5 Å². The van der Waals surface area contributed by atoms with Crippen molar-refractivity contribution in [2.45, 2.75) is 65.0 Å². The van der Waals surface area contributed by atoms with Crippen molar-refractivity contribution in [3.05, 3.63) is 0 Å². The van der Waals surface area contributed by atoms with Crippen LogP contribution in [0.4, 0.5) is 0 Å². The molecular weight excluding hydrogens is 200 g/mol. The summed E-state index contributed by atoms with van der Waals surface area (Å²) in [6, 6.07) is 0.388. The molecule has 1 fully saturated rings. The highest BCUT2D eigenvalue weighted by atomic mass is 16.2. The van der Waals surface area contributed by atoms with E-state index in [9.17, 15) is 4.79 Å². The molecule has 0 aliphatic carbocycles. The van der Waals surface area contributed by atoms with E-state index in [1.54, 1.807) is 0 Å². The standard InChI is InChI=1S/C13H26N2O/c1-4-11(2)14-12(3)13(16)15-9-7-5-6-8-10-15/h11-12,14H,4-10H2,1-3H3. The molecule has 0 aromatic carbocycles. The summed E-state index contributed by atoms with van der Waals surface area (Å²) in [6.07, 6.45) is 5.95. The summed E-state index contributed by atoms with van der Waals surface area (Å²) in [4.78, 5) is 14.2. The van der Waals surface area contributed by atoms with E-state index in [0.29, 0.717) is 6.04 Å². The monoisotopic (exact) mass is 226 g/mol. The summed E-state index contributed by atoms with van der Waals surface area (Å²) >= 11 is 0. The molecule has 0 radical (unpaired) electrons. The number of hydrogen-bond acceptors (Lipinski definition) is 2. The zero-order valence-electron chi connectivity index (χ0n) is 11.0. The van der Waals surface area contributed by atoms with Gasteiger partial charge in [-0.3, -0.25) is 4.79 Å². The Bertz CT molecular complexity index is 210. The number of likely N-dealkylation sites (tertiary alicyclic amines) is 1. The number of hydrogen-bond donors (Lipinski definition) is 1. The molecule has 1 heterocycles. The third kappa shape index (κ3) is 4.12. The quantitative estimate of drug-likeness (QED) is 0.797. The van der Waals surface area contributed by atoms with Gasteiger partial charge in [0.15, 0.2) is 0 Å². The van der Waals surface area contributed by atoms with E-state index in [2.05, 4.69) is 19.2 Å². The molecule has 0 spiro atoms. The molecule has 94 valence electrons. The molecule has 2 unspecified atom stereocenters. The average molecular weight is 226 g/mol. The maximum atomic E-state index is 12.2. The van der Waals surface area contributed by atoms with Gasteiger partial charge in [-0.1, -0.05) is 19.8 Å². The van der Waals surface area contributed by atoms with E-state index >= 15 is 0 Å². The molecule has 1 saturated heterocycles. The highest BCUT2D eigenvalue weighted by molar-refractivity contribution is 5.81. The van der Waals surface area contributed by atoms with Crippen LogP contribution in [0, 0.1) is 0 Å². The highest BCUT2D eigenvalue weighted by Crippen LogP contribution is 2.11. The van der Waals surface area contributed by atoms with Crippen LogP contribution in [0.15, 0.2) is 0 Å². The molecule has 0 bridgehead atoms. The lowest BCUT2D eigenvalue weighted by Gasteiger charge is -2.26. The third-order valence-electron chi connectivity index (χ3n) is 3.44. The molecular formula is C13H26N2O. The zero-order chi connectivity index (χ0) is 12.0. The van der Waals surface area contributed by atoms with Crippen LogP contribution in [0.5, 0.6) is 0 Å². The Morgan fingerprint density at radius 3 is 2.25 bits per heavy atom. The van der Waals surface area contributed by atoms with Gasteiger partial charge in [-0.15, -0.1) is 0 Å². The summed E-state index contributed by atoms with van der Waals surface area (Å²) in [5.41, 5.74) is 0. The van der Waals surface area contributed by atoms with Gasteiger partial charge in [0.2, 0.25) is 5.91 Å². The topological polar surface area (TPSA) is 32.3 Å². The van der Waals surface area contributed by atoms with E-state index in [-0.39, 0.29) is 11.9 Å². The third-order valence-corrected chi connectivity index (χ3v) is 3.44. The van der Waals surface area contributed by atoms with Crippen molar-refractivity contribution in [1.82, 2.24) is 10.2 Å². The molecule has 0 aromatic heterocycles. The van der Waals surface area contributed by atoms with E-state index in [4.69, 9.17) is 0 Å². The molecule has 3 heteroatoms. The van der Waals surface area contributed by atoms with Crippen molar-refractivity contribution in [2.75, 3.05) is 13.1 Å². The van der Waals surface area contributed by atoms with E-state index < -0.39 is 0 Å². The van der Waals surface area contributed by atoms with Crippen LogP contribution in [0.1, 0.15) is 52.9 Å². The summed E-state index contributed by atoms with van der Waals surface area (Å²) in [7, 11) is 0. The van der Waals surface area contributed by atoms with Gasteiger partial charge in [-0.25, -0.2) is 0 Å². The molecule has 3 nitrogen and oxygen atoms in total. The Morgan fingerprint density at radius 1 is 1.19 bits per heavy atom. The number of carbonyl (C=O) groups excluding carboxylic acids is 1. The molecule has 1 rings (SSSR count). The summed E-state index contributed by atoms with van der Waals surface area (Å²) in [6.45, 7) is 8.16. The van der Waals surface area contributed by atoms with Crippen molar-refractivity contribution in [3.8, 4) is 0 Å². The second kappa shape index (κ2) is 6.89. The Hall–Kier alpha value is -0.570. The minimum Gasteiger partial charge on any atom is -0.341 e. The average Bonchev–Trinajstić information content (AvgIpc) is 2.56. The molecule has 0 saturated carbocycles. The van der Waals surface area contributed by atoms with Gasteiger partial charge in [0.25, 0.3) is 0 Å². The zero-order valence-corrected chi connectivity index (χ0v) is 11.0. The van der Waals surface area contributed by atoms with Crippen molar-refractivity contribution in [3.63, 3.8) is 0 Å². The van der Waals surface area contributed by atoms with E-state index in [1.807, 2.05) is 11.8 Å². The summed E-state index contributed by atoms with van der Waals surface area (Å²) < 4.78 is 0. The predicted molar refractivity (Wildman–Crippen MR) is 67.4 cm³/mol. The second-order valence-corrected chi connectivity index (χ2v) is 4.94. The van der Waals surface area contributed by atoms with Gasteiger partial charge in [-0.2, -0.15) is 0 Å². The van der Waals surface area contributed by atoms with Crippen LogP contribution < -0.4 is 5.32 Å². The molecule has 16 heavy (non-hydrogen) atoms. The normalized spacial score (nSPS) is 21.3. The minimum atomic E-state index is -0.0342. The first-order chi connectivity index (χ1) is 7.65. The lowest BCUT2D eigenvalue weighted by atomic mass is 10.2. The fourth-order valence-electron chi connectivity index (χ4n) is 2.18. The van der Waals surface area contributed by atoms with Gasteiger partial charge in [-0.05, 0) is 33.1 Å². The number of carbonyl (C=O) groups is 1. The number of nitrogens with one attached hydrogen (secondary N) is 1. The van der Waals surface area contributed by atoms with Gasteiger partial charge in [0.1, 0.15) is 0 Å². The van der Waals surface area contributed by atoms with Crippen molar-refractivity contribution in [1.29, 1.82) is 0 Å². The van der Waals surface area contributed by atoms with Crippen LogP contribution in [-0.2, 0) is 4.79 Å². The molecule has 1 amide bonds. The Kier molecular flexibility index (Phi) is 5.81. The molecule has 0 aromatic rings. The van der Waals surface area contributed by atoms with Gasteiger partial charge in [0.05, 0.1) is 6.04 Å². The lowest BCUT2D eigenvalue weighted by Crippen LogP contribution is -2.47. The SMILES string of the molecule is CCC(C)NC(C)C(=O)N1CCCCCC1. The van der Waals surface area contributed by atoms with Crippen molar-refractivity contribution in [2.24, 2.45) is 0 Å². The Labute approximate surface area is 99.6 Å². The maximum Gasteiger partial charge on any atom is 0.239 e. The first-order valence-electron chi connectivity index (χ1n) is 6.70. The molecule has 2 atom stereocenters. The van der Waals surface area contributed by atoms with Crippen LogP contribution in [0.2, 0.25) is 0 Å². The van der Waals surface area contributed by atoms with Gasteiger partial charge < -0.3 is 10.2 Å². The van der Waals surface area contributed by atoms with Crippen LogP contribution in [0.25, 0.3) is 0 Å². The fraction of sp³-hybridized carbons (Fsp3) is 0.923. The predicted octanol–water partition coefficient (Wildman–Crippen LogP) is 2.17. The first-order valence-corrected chi connectivity index (χ1v) is 6.70. The largest absolute Gasteiger partial charge is 0.341 e. The highest BCUT2D eigenvalue weighted by Gasteiger charge is 2.21. The smallest absolute Gasteiger partial charge is 0.239 e. The summed E-state index contributed by atoms with van der Waals surface area (Å²) in [5.74, 6) is 0.280. The Morgan fingerprint density at radius 2 is 1.75 bits per heavy atom. The molecule has 1 aliphatic rings. The van der Waals surface area contributed by atoms with Gasteiger partial charge in [0, 0.05) is 19.1 Å². The molecule has 1 N–H and O–H groups in total. The van der Waals surface area contributed by atoms with Crippen molar-refractivity contribution >= 4 is 5.91 Å². The lowest BCUT2D eigenvalue weighted by molar-refractivity contribution is -0.133. The second-order valence-electron chi connectivity index (χ2n) is 4.94. The van der Waals surface area contributed by atoms with Gasteiger partial charge >= 0.3 is 0 Å². The van der Waals surface area contributed by atoms with E-state index in [1.165, 1.54) is 25.7 Å². The maximum absolute atomic E-state index is 12.2. The van der Waals surface area contributed by atoms with Crippen LogP contribution in [-0.4, -0.2) is 36.0 Å². The number of nitrogens with zero attached hydrogens (tertiary/aromatic N) is 1. The first kappa shape index (κ1) is 13.5. The van der Waals surface area contributed by atoms with Crippen LogP contribution >= 0.6 is 0 Å². The molecule has 1 aliphatic heterocycles.